The summed E-state index contributed by atoms with van der Waals surface area (Å²) >= 11 is 0. The van der Waals surface area contributed by atoms with Gasteiger partial charge in [0.25, 0.3) is 0 Å². The van der Waals surface area contributed by atoms with Crippen LogP contribution in [0.5, 0.6) is 0 Å². The van der Waals surface area contributed by atoms with E-state index in [1.165, 1.54) is 0 Å². The van der Waals surface area contributed by atoms with E-state index in [9.17, 15) is 13.7 Å². The second-order valence-electron chi connectivity index (χ2n) is 1.92. The Morgan fingerprint density at radius 2 is 1.73 bits per heavy atom. The standard InChI is InChI=1S/C6H2BF2NO/c7-3-1-4(8)6(10-11)5(9)2-3/h1-2H. The van der Waals surface area contributed by atoms with E-state index in [1.807, 2.05) is 0 Å². The van der Waals surface area contributed by atoms with Crippen LogP contribution in [0.4, 0.5) is 14.5 Å². The molecule has 0 unspecified atom stereocenters. The third-order valence-electron chi connectivity index (χ3n) is 1.13. The van der Waals surface area contributed by atoms with Gasteiger partial charge in [-0.2, -0.15) is 0 Å². The van der Waals surface area contributed by atoms with Crippen molar-refractivity contribution >= 4 is 19.0 Å². The molecule has 11 heavy (non-hydrogen) atoms. The zero-order valence-corrected chi connectivity index (χ0v) is 5.34. The zero-order valence-electron chi connectivity index (χ0n) is 5.34. The minimum absolute atomic E-state index is 0.0765. The Morgan fingerprint density at radius 3 is 2.09 bits per heavy atom. The van der Waals surface area contributed by atoms with Crippen molar-refractivity contribution in [2.45, 2.75) is 0 Å². The molecule has 0 aliphatic rings. The molecule has 0 saturated carbocycles. The number of halogens is 2. The lowest BCUT2D eigenvalue weighted by Gasteiger charge is -1.96. The average Bonchev–Trinajstić information content (AvgIpc) is 1.85. The normalized spacial score (nSPS) is 9.64. The molecule has 54 valence electrons. The highest BCUT2D eigenvalue weighted by molar-refractivity contribution is 6.32. The van der Waals surface area contributed by atoms with Gasteiger partial charge in [-0.1, -0.05) is 5.46 Å². The molecule has 0 N–H and O–H groups in total. The van der Waals surface area contributed by atoms with E-state index in [1.54, 1.807) is 0 Å². The van der Waals surface area contributed by atoms with Gasteiger partial charge < -0.3 is 0 Å². The van der Waals surface area contributed by atoms with Crippen LogP contribution in [0.2, 0.25) is 0 Å². The van der Waals surface area contributed by atoms with Gasteiger partial charge in [-0.15, -0.1) is 4.91 Å². The lowest BCUT2D eigenvalue weighted by atomic mass is 9.96. The summed E-state index contributed by atoms with van der Waals surface area (Å²) < 4.78 is 25.0. The fourth-order valence-corrected chi connectivity index (χ4v) is 0.672. The van der Waals surface area contributed by atoms with Crippen LogP contribution in [0.1, 0.15) is 0 Å². The molecule has 0 bridgehead atoms. The zero-order chi connectivity index (χ0) is 8.43. The molecule has 0 aliphatic heterocycles. The molecule has 0 saturated heterocycles. The lowest BCUT2D eigenvalue weighted by Crippen LogP contribution is -2.04. The first-order valence-electron chi connectivity index (χ1n) is 2.73. The number of benzene rings is 1. The number of hydrogen-bond donors (Lipinski definition) is 0. The highest BCUT2D eigenvalue weighted by Gasteiger charge is 2.08. The van der Waals surface area contributed by atoms with Crippen molar-refractivity contribution < 1.29 is 8.78 Å². The Kier molecular flexibility index (Phi) is 1.98. The lowest BCUT2D eigenvalue weighted by molar-refractivity contribution is 0.589. The average molecular weight is 153 g/mol. The van der Waals surface area contributed by atoms with Gasteiger partial charge in [0.1, 0.15) is 7.85 Å². The van der Waals surface area contributed by atoms with Crippen molar-refractivity contribution in [2.75, 3.05) is 0 Å². The summed E-state index contributed by atoms with van der Waals surface area (Å²) in [6, 6.07) is 1.67. The monoisotopic (exact) mass is 153 g/mol. The van der Waals surface area contributed by atoms with Crippen LogP contribution in [0.3, 0.4) is 0 Å². The quantitative estimate of drug-likeness (QED) is 0.439. The minimum Gasteiger partial charge on any atom is -0.204 e. The van der Waals surface area contributed by atoms with Crippen molar-refractivity contribution in [2.24, 2.45) is 5.18 Å². The van der Waals surface area contributed by atoms with Crippen molar-refractivity contribution in [1.29, 1.82) is 0 Å². The van der Waals surface area contributed by atoms with E-state index in [-0.39, 0.29) is 5.46 Å². The van der Waals surface area contributed by atoms with Crippen LogP contribution >= 0.6 is 0 Å². The molecule has 0 heterocycles. The maximum absolute atomic E-state index is 12.5. The molecule has 1 rings (SSSR count). The Labute approximate surface area is 62.6 Å². The molecule has 0 fully saturated rings. The third-order valence-corrected chi connectivity index (χ3v) is 1.13. The van der Waals surface area contributed by atoms with Gasteiger partial charge in [0.05, 0.1) is 0 Å². The van der Waals surface area contributed by atoms with Crippen LogP contribution in [-0.2, 0) is 0 Å². The first-order valence-corrected chi connectivity index (χ1v) is 2.73. The second kappa shape index (κ2) is 2.78. The molecule has 0 aliphatic carbocycles. The van der Waals surface area contributed by atoms with E-state index in [2.05, 4.69) is 5.18 Å². The van der Waals surface area contributed by atoms with Gasteiger partial charge in [-0.3, -0.25) is 0 Å². The Morgan fingerprint density at radius 1 is 1.27 bits per heavy atom. The van der Waals surface area contributed by atoms with Gasteiger partial charge in [0.2, 0.25) is 0 Å². The van der Waals surface area contributed by atoms with Crippen LogP contribution < -0.4 is 5.46 Å². The summed E-state index contributed by atoms with van der Waals surface area (Å²) in [5.74, 6) is -2.09. The van der Waals surface area contributed by atoms with Gasteiger partial charge in [0, 0.05) is 0 Å². The van der Waals surface area contributed by atoms with Crippen molar-refractivity contribution in [3.8, 4) is 0 Å². The van der Waals surface area contributed by atoms with Gasteiger partial charge in [-0.05, 0) is 17.3 Å². The highest BCUT2D eigenvalue weighted by atomic mass is 19.1. The number of rotatable bonds is 1. The Hall–Kier alpha value is -1.26. The van der Waals surface area contributed by atoms with Gasteiger partial charge >= 0.3 is 0 Å². The first-order chi connectivity index (χ1) is 5.15. The van der Waals surface area contributed by atoms with Crippen molar-refractivity contribution in [3.05, 3.63) is 28.7 Å². The molecule has 0 spiro atoms. The van der Waals surface area contributed by atoms with E-state index >= 15 is 0 Å². The molecule has 1 aromatic carbocycles. The highest BCUT2D eigenvalue weighted by Crippen LogP contribution is 2.19. The topological polar surface area (TPSA) is 29.4 Å². The van der Waals surface area contributed by atoms with Crippen LogP contribution in [0.15, 0.2) is 17.3 Å². The minimum atomic E-state index is -1.04. The van der Waals surface area contributed by atoms with E-state index in [0.717, 1.165) is 12.1 Å². The fourth-order valence-electron chi connectivity index (χ4n) is 0.672. The summed E-state index contributed by atoms with van der Waals surface area (Å²) in [6.07, 6.45) is 0. The van der Waals surface area contributed by atoms with Crippen LogP contribution in [0, 0.1) is 16.5 Å². The smallest absolute Gasteiger partial charge is 0.179 e. The first kappa shape index (κ1) is 7.85. The van der Waals surface area contributed by atoms with Crippen molar-refractivity contribution in [1.82, 2.24) is 0 Å². The molecule has 0 aromatic heterocycles. The molecule has 5 heteroatoms. The Bertz CT molecular complexity index is 280. The molecule has 2 nitrogen and oxygen atoms in total. The molecule has 2 radical (unpaired) electrons. The summed E-state index contributed by atoms with van der Waals surface area (Å²) in [6.45, 7) is 0. The largest absolute Gasteiger partial charge is 0.204 e. The van der Waals surface area contributed by atoms with Crippen molar-refractivity contribution in [3.63, 3.8) is 0 Å². The van der Waals surface area contributed by atoms with Gasteiger partial charge in [-0.25, -0.2) is 8.78 Å². The summed E-state index contributed by atoms with van der Waals surface area (Å²) in [7, 11) is 5.06. The number of hydrogen-bond acceptors (Lipinski definition) is 2. The maximum atomic E-state index is 12.5. The Balaban J connectivity index is 3.36. The number of nitroso groups, excluding NO2 is 1. The number of nitrogens with zero attached hydrogens (tertiary/aromatic N) is 1. The van der Waals surface area contributed by atoms with Gasteiger partial charge in [0.15, 0.2) is 17.3 Å². The van der Waals surface area contributed by atoms with E-state index in [4.69, 9.17) is 7.85 Å². The predicted molar refractivity (Wildman–Crippen MR) is 37.2 cm³/mol. The molecule has 0 amide bonds. The molecule has 0 atom stereocenters. The SMILES string of the molecule is [B]c1cc(F)c(N=O)c(F)c1. The second-order valence-corrected chi connectivity index (χ2v) is 1.92. The molecular formula is C6H2BF2NO. The van der Waals surface area contributed by atoms with E-state index < -0.39 is 17.3 Å². The third kappa shape index (κ3) is 1.42. The predicted octanol–water partition coefficient (Wildman–Crippen LogP) is 1.16. The summed E-state index contributed by atoms with van der Waals surface area (Å²) in [5, 5.41) is 2.16. The molecular weight excluding hydrogens is 151 g/mol. The summed E-state index contributed by atoms with van der Waals surface area (Å²) in [4.78, 5) is 9.79. The fraction of sp³-hybridized carbons (Fsp3) is 0. The molecule has 1 aromatic rings. The van der Waals surface area contributed by atoms with E-state index in [0.29, 0.717) is 0 Å². The summed E-state index contributed by atoms with van der Waals surface area (Å²) in [5.41, 5.74) is -0.911. The maximum Gasteiger partial charge on any atom is 0.179 e. The van der Waals surface area contributed by atoms with Crippen LogP contribution in [-0.4, -0.2) is 7.85 Å². The van der Waals surface area contributed by atoms with Crippen LogP contribution in [0.25, 0.3) is 0 Å².